The maximum Gasteiger partial charge on any atom is 0.384 e. The van der Waals surface area contributed by atoms with Crippen molar-refractivity contribution in [1.29, 1.82) is 0 Å². The first kappa shape index (κ1) is 16.9. The Hall–Kier alpha value is -1.51. The van der Waals surface area contributed by atoms with Gasteiger partial charge in [0.1, 0.15) is 10.7 Å². The fraction of sp³-hybridized carbons (Fsp3) is 0.357. The van der Waals surface area contributed by atoms with Crippen molar-refractivity contribution < 1.29 is 12.6 Å². The van der Waals surface area contributed by atoms with Crippen LogP contribution < -0.4 is 4.18 Å². The minimum atomic E-state index is -3.80. The van der Waals surface area contributed by atoms with Gasteiger partial charge in [0.2, 0.25) is 0 Å². The molecule has 6 nitrogen and oxygen atoms in total. The summed E-state index contributed by atoms with van der Waals surface area (Å²) in [6.45, 7) is 1.73. The number of hydrogen-bond acceptors (Lipinski definition) is 5. The molecule has 0 atom stereocenters. The van der Waals surface area contributed by atoms with Crippen LogP contribution in [0.3, 0.4) is 0 Å². The third kappa shape index (κ3) is 3.82. The predicted molar refractivity (Wildman–Crippen MR) is 87.2 cm³/mol. The van der Waals surface area contributed by atoms with E-state index in [1.165, 1.54) is 25.9 Å². The number of benzene rings is 1. The third-order valence-electron chi connectivity index (χ3n) is 2.97. The van der Waals surface area contributed by atoms with E-state index < -0.39 is 10.3 Å². The minimum absolute atomic E-state index is 0.289. The Labute approximate surface area is 135 Å². The number of nitrogens with zero attached hydrogens (tertiary/aromatic N) is 3. The number of aryl methyl sites for hydroxylation is 2. The Morgan fingerprint density at radius 1 is 1.27 bits per heavy atom. The highest BCUT2D eigenvalue weighted by Gasteiger charge is 2.23. The first-order valence-corrected chi connectivity index (χ1v) is 8.98. The van der Waals surface area contributed by atoms with Gasteiger partial charge < -0.3 is 4.18 Å². The molecule has 1 aromatic carbocycles. The third-order valence-corrected chi connectivity index (χ3v) is 5.44. The van der Waals surface area contributed by atoms with Gasteiger partial charge in [0.05, 0.1) is 0 Å². The van der Waals surface area contributed by atoms with Crippen LogP contribution in [-0.2, 0) is 23.1 Å². The van der Waals surface area contributed by atoms with Crippen molar-refractivity contribution >= 4 is 22.1 Å². The van der Waals surface area contributed by atoms with E-state index >= 15 is 0 Å². The average Bonchev–Trinajstić information content (AvgIpc) is 2.71. The van der Waals surface area contributed by atoms with Gasteiger partial charge in [-0.15, -0.1) is 0 Å². The summed E-state index contributed by atoms with van der Waals surface area (Å²) in [5.41, 5.74) is 1.69. The number of aromatic nitrogens is 2. The molecule has 22 heavy (non-hydrogen) atoms. The van der Waals surface area contributed by atoms with E-state index in [0.29, 0.717) is 16.5 Å². The van der Waals surface area contributed by atoms with Gasteiger partial charge in [-0.1, -0.05) is 42.1 Å². The lowest BCUT2D eigenvalue weighted by atomic mass is 10.2. The zero-order valence-electron chi connectivity index (χ0n) is 13.0. The van der Waals surface area contributed by atoms with Gasteiger partial charge in [-0.3, -0.25) is 4.68 Å². The maximum absolute atomic E-state index is 11.9. The van der Waals surface area contributed by atoms with E-state index in [1.54, 1.807) is 18.7 Å². The first-order chi connectivity index (χ1) is 10.3. The molecular weight excluding hydrogens is 322 g/mol. The van der Waals surface area contributed by atoms with E-state index in [-0.39, 0.29) is 5.75 Å². The second-order valence-electron chi connectivity index (χ2n) is 4.94. The van der Waals surface area contributed by atoms with Crippen molar-refractivity contribution in [2.24, 2.45) is 7.05 Å². The van der Waals surface area contributed by atoms with Crippen LogP contribution in [0.5, 0.6) is 5.75 Å². The molecule has 0 fully saturated rings. The summed E-state index contributed by atoms with van der Waals surface area (Å²) in [6, 6.07) is 9.94. The van der Waals surface area contributed by atoms with E-state index in [9.17, 15) is 8.42 Å². The zero-order chi connectivity index (χ0) is 16.3. The fourth-order valence-corrected chi connectivity index (χ4v) is 3.43. The monoisotopic (exact) mass is 341 g/mol. The highest BCUT2D eigenvalue weighted by molar-refractivity contribution is 7.98. The molecule has 0 aliphatic carbocycles. The average molecular weight is 341 g/mol. The SMILES string of the molecule is Cc1nn(C)c(SCc2ccccc2)c1OS(=O)(=O)N(C)C. The number of hydrogen-bond donors (Lipinski definition) is 0. The summed E-state index contributed by atoms with van der Waals surface area (Å²) in [6.07, 6.45) is 0. The predicted octanol–water partition coefficient (Wildman–Crippen LogP) is 2.21. The Morgan fingerprint density at radius 3 is 2.50 bits per heavy atom. The van der Waals surface area contributed by atoms with Gasteiger partial charge in [0.25, 0.3) is 0 Å². The van der Waals surface area contributed by atoms with E-state index in [1.807, 2.05) is 30.3 Å². The van der Waals surface area contributed by atoms with Crippen molar-refractivity contribution in [1.82, 2.24) is 14.1 Å². The summed E-state index contributed by atoms with van der Waals surface area (Å²) in [7, 11) is 0.831. The van der Waals surface area contributed by atoms with Crippen LogP contribution in [0.15, 0.2) is 35.4 Å². The number of thioether (sulfide) groups is 1. The normalized spacial score (nSPS) is 11.9. The lowest BCUT2D eigenvalue weighted by Crippen LogP contribution is -2.27. The van der Waals surface area contributed by atoms with E-state index in [0.717, 1.165) is 9.87 Å². The van der Waals surface area contributed by atoms with Crippen LogP contribution >= 0.6 is 11.8 Å². The molecular formula is C14H19N3O3S2. The Bertz CT molecular complexity index is 740. The Kier molecular flexibility index (Phi) is 5.15. The molecule has 2 aromatic rings. The Balaban J connectivity index is 2.24. The van der Waals surface area contributed by atoms with Crippen molar-refractivity contribution in [2.75, 3.05) is 14.1 Å². The van der Waals surface area contributed by atoms with Crippen LogP contribution in [-0.4, -0.2) is 36.6 Å². The van der Waals surface area contributed by atoms with Crippen LogP contribution in [0.2, 0.25) is 0 Å². The van der Waals surface area contributed by atoms with Crippen LogP contribution in [0, 0.1) is 6.92 Å². The molecule has 0 saturated heterocycles. The van der Waals surface area contributed by atoms with Crippen molar-refractivity contribution in [3.63, 3.8) is 0 Å². The van der Waals surface area contributed by atoms with Crippen LogP contribution in [0.1, 0.15) is 11.3 Å². The summed E-state index contributed by atoms with van der Waals surface area (Å²) in [5, 5.41) is 4.94. The smallest absolute Gasteiger partial charge is 0.366 e. The van der Waals surface area contributed by atoms with Crippen molar-refractivity contribution in [2.45, 2.75) is 17.7 Å². The zero-order valence-corrected chi connectivity index (χ0v) is 14.6. The van der Waals surface area contributed by atoms with E-state index in [4.69, 9.17) is 4.18 Å². The first-order valence-electron chi connectivity index (χ1n) is 6.63. The van der Waals surface area contributed by atoms with Gasteiger partial charge in [-0.25, -0.2) is 0 Å². The summed E-state index contributed by atoms with van der Waals surface area (Å²) in [5.74, 6) is 0.996. The van der Waals surface area contributed by atoms with Gasteiger partial charge in [0, 0.05) is 26.9 Å². The summed E-state index contributed by atoms with van der Waals surface area (Å²) in [4.78, 5) is 0. The van der Waals surface area contributed by atoms with Gasteiger partial charge in [-0.2, -0.15) is 17.8 Å². The second-order valence-corrected chi connectivity index (χ2v) is 7.66. The highest BCUT2D eigenvalue weighted by atomic mass is 32.2. The van der Waals surface area contributed by atoms with Gasteiger partial charge in [-0.05, 0) is 12.5 Å². The van der Waals surface area contributed by atoms with Crippen molar-refractivity contribution in [3.8, 4) is 5.75 Å². The fourth-order valence-electron chi connectivity index (χ4n) is 1.78. The topological polar surface area (TPSA) is 64.4 Å². The second kappa shape index (κ2) is 6.72. The molecule has 0 bridgehead atoms. The largest absolute Gasteiger partial charge is 0.384 e. The molecule has 0 amide bonds. The molecule has 0 aliphatic rings. The molecule has 1 aromatic heterocycles. The van der Waals surface area contributed by atoms with Crippen LogP contribution in [0.25, 0.3) is 0 Å². The van der Waals surface area contributed by atoms with Gasteiger partial charge >= 0.3 is 10.3 Å². The van der Waals surface area contributed by atoms with Crippen LogP contribution in [0.4, 0.5) is 0 Å². The molecule has 0 unspecified atom stereocenters. The molecule has 0 spiro atoms. The lowest BCUT2D eigenvalue weighted by Gasteiger charge is -2.13. The molecule has 0 saturated carbocycles. The molecule has 0 aliphatic heterocycles. The van der Waals surface area contributed by atoms with E-state index in [2.05, 4.69) is 5.10 Å². The standard InChI is InChI=1S/C14H19N3O3S2/c1-11-13(20-22(18,19)16(2)3)14(17(4)15-11)21-10-12-8-6-5-7-9-12/h5-9H,10H2,1-4H3. The van der Waals surface area contributed by atoms with Crippen molar-refractivity contribution in [3.05, 3.63) is 41.6 Å². The van der Waals surface area contributed by atoms with Gasteiger partial charge in [0.15, 0.2) is 5.75 Å². The maximum atomic E-state index is 11.9. The summed E-state index contributed by atoms with van der Waals surface area (Å²) >= 11 is 1.49. The molecule has 0 N–H and O–H groups in total. The molecule has 120 valence electrons. The molecule has 8 heteroatoms. The highest BCUT2D eigenvalue weighted by Crippen LogP contribution is 2.35. The summed E-state index contributed by atoms with van der Waals surface area (Å²) < 4.78 is 31.8. The quantitative estimate of drug-likeness (QED) is 0.754. The molecule has 0 radical (unpaired) electrons. The Morgan fingerprint density at radius 2 is 1.91 bits per heavy atom. The molecule has 2 rings (SSSR count). The minimum Gasteiger partial charge on any atom is -0.366 e. The lowest BCUT2D eigenvalue weighted by molar-refractivity contribution is 0.415. The molecule has 1 heterocycles. The number of rotatable bonds is 6.